The molecule has 0 unspecified atom stereocenters. The molecule has 1 N–H and O–H groups in total. The van der Waals surface area contributed by atoms with Crippen LogP contribution in [0.15, 0.2) is 6.20 Å². The molecule has 1 saturated heterocycles. The molecular weight excluding hydrogens is 302 g/mol. The van der Waals surface area contributed by atoms with Crippen molar-refractivity contribution in [2.24, 2.45) is 5.92 Å². The Morgan fingerprint density at radius 1 is 1.28 bits per heavy atom. The summed E-state index contributed by atoms with van der Waals surface area (Å²) >= 11 is 17.4. The Kier molecular flexibility index (Phi) is 3.66. The number of likely N-dealkylation sites (tertiary alicyclic amines) is 1. The van der Waals surface area contributed by atoms with Gasteiger partial charge < -0.3 is 10.0 Å². The lowest BCUT2D eigenvalue weighted by molar-refractivity contribution is -0.146. The highest BCUT2D eigenvalue weighted by molar-refractivity contribution is 6.48. The van der Waals surface area contributed by atoms with E-state index in [9.17, 15) is 9.59 Å². The van der Waals surface area contributed by atoms with Crippen molar-refractivity contribution in [3.05, 3.63) is 27.0 Å². The summed E-state index contributed by atoms with van der Waals surface area (Å²) in [6.07, 6.45) is 1.23. The standard InChI is InChI=1S/C10H7Cl3N2O3/c11-5-1-14-8(7(13)6(5)12)9(16)15-2-4(3-15)10(17)18/h1,4H,2-3H2,(H,17,18). The second-order valence-corrected chi connectivity index (χ2v) is 4.99. The largest absolute Gasteiger partial charge is 0.481 e. The smallest absolute Gasteiger partial charge is 0.310 e. The number of hydrogen-bond acceptors (Lipinski definition) is 3. The van der Waals surface area contributed by atoms with E-state index < -0.39 is 17.8 Å². The third-order valence-corrected chi connectivity index (χ3v) is 3.88. The summed E-state index contributed by atoms with van der Waals surface area (Å²) in [5.74, 6) is -1.90. The number of pyridine rings is 1. The van der Waals surface area contributed by atoms with E-state index in [1.165, 1.54) is 11.1 Å². The molecule has 0 aromatic carbocycles. The molecule has 0 saturated carbocycles. The van der Waals surface area contributed by atoms with E-state index in [2.05, 4.69) is 4.98 Å². The monoisotopic (exact) mass is 308 g/mol. The van der Waals surface area contributed by atoms with Gasteiger partial charge in [-0.05, 0) is 0 Å². The predicted molar refractivity (Wildman–Crippen MR) is 66.3 cm³/mol. The normalized spacial score (nSPS) is 15.4. The number of carbonyl (C=O) groups excluding carboxylic acids is 1. The number of amides is 1. The van der Waals surface area contributed by atoms with Crippen molar-refractivity contribution in [2.75, 3.05) is 13.1 Å². The van der Waals surface area contributed by atoms with E-state index in [4.69, 9.17) is 39.9 Å². The van der Waals surface area contributed by atoms with E-state index >= 15 is 0 Å². The number of nitrogens with zero attached hydrogens (tertiary/aromatic N) is 2. The highest BCUT2D eigenvalue weighted by Crippen LogP contribution is 2.32. The van der Waals surface area contributed by atoms with Gasteiger partial charge in [0.25, 0.3) is 5.91 Å². The zero-order chi connectivity index (χ0) is 13.4. The van der Waals surface area contributed by atoms with Crippen LogP contribution in [0.1, 0.15) is 10.5 Å². The van der Waals surface area contributed by atoms with Crippen LogP contribution in [0.25, 0.3) is 0 Å². The quantitative estimate of drug-likeness (QED) is 0.909. The molecule has 5 nitrogen and oxygen atoms in total. The number of aromatic nitrogens is 1. The zero-order valence-electron chi connectivity index (χ0n) is 8.86. The highest BCUT2D eigenvalue weighted by Gasteiger charge is 2.37. The Balaban J connectivity index is 2.17. The second kappa shape index (κ2) is 4.91. The van der Waals surface area contributed by atoms with Gasteiger partial charge in [-0.1, -0.05) is 34.8 Å². The van der Waals surface area contributed by atoms with Crippen LogP contribution in [0.3, 0.4) is 0 Å². The summed E-state index contributed by atoms with van der Waals surface area (Å²) in [6, 6.07) is 0. The summed E-state index contributed by atoms with van der Waals surface area (Å²) in [5, 5.41) is 8.92. The average Bonchev–Trinajstić information content (AvgIpc) is 2.23. The number of carboxylic acid groups (broad SMARTS) is 1. The van der Waals surface area contributed by atoms with Gasteiger partial charge in [-0.25, -0.2) is 4.98 Å². The van der Waals surface area contributed by atoms with Crippen molar-refractivity contribution < 1.29 is 14.7 Å². The van der Waals surface area contributed by atoms with Crippen LogP contribution in [0, 0.1) is 5.92 Å². The van der Waals surface area contributed by atoms with Gasteiger partial charge in [0.2, 0.25) is 0 Å². The Bertz CT molecular complexity index is 529. The summed E-state index contributed by atoms with van der Waals surface area (Å²) in [6.45, 7) is 0.291. The van der Waals surface area contributed by atoms with Crippen LogP contribution in [0.5, 0.6) is 0 Å². The molecule has 1 aliphatic rings. The van der Waals surface area contributed by atoms with Gasteiger partial charge in [0.05, 0.1) is 21.0 Å². The molecular formula is C10H7Cl3N2O3. The molecule has 0 atom stereocenters. The topological polar surface area (TPSA) is 70.5 Å². The third kappa shape index (κ3) is 2.25. The lowest BCUT2D eigenvalue weighted by Crippen LogP contribution is -2.53. The average molecular weight is 310 g/mol. The Labute approximate surface area is 117 Å². The van der Waals surface area contributed by atoms with Gasteiger partial charge >= 0.3 is 5.97 Å². The van der Waals surface area contributed by atoms with Crippen molar-refractivity contribution in [3.8, 4) is 0 Å². The maximum atomic E-state index is 12.0. The summed E-state index contributed by atoms with van der Waals surface area (Å²) in [7, 11) is 0. The van der Waals surface area contributed by atoms with Crippen molar-refractivity contribution in [2.45, 2.75) is 0 Å². The minimum atomic E-state index is -0.924. The van der Waals surface area contributed by atoms with Crippen LogP contribution in [-0.2, 0) is 4.79 Å². The van der Waals surface area contributed by atoms with Gasteiger partial charge in [0.1, 0.15) is 5.69 Å². The SMILES string of the molecule is O=C(O)C1CN(C(=O)c2ncc(Cl)c(Cl)c2Cl)C1. The second-order valence-electron chi connectivity index (χ2n) is 3.83. The van der Waals surface area contributed by atoms with E-state index in [0.717, 1.165) is 0 Å². The molecule has 1 fully saturated rings. The summed E-state index contributed by atoms with van der Waals surface area (Å²) < 4.78 is 0. The molecule has 96 valence electrons. The lowest BCUT2D eigenvalue weighted by Gasteiger charge is -2.36. The fourth-order valence-electron chi connectivity index (χ4n) is 1.54. The van der Waals surface area contributed by atoms with Crippen molar-refractivity contribution in [3.63, 3.8) is 0 Å². The molecule has 0 radical (unpaired) electrons. The van der Waals surface area contributed by atoms with E-state index in [0.29, 0.717) is 0 Å². The number of rotatable bonds is 2. The van der Waals surface area contributed by atoms with Gasteiger partial charge in [-0.2, -0.15) is 0 Å². The van der Waals surface area contributed by atoms with Crippen LogP contribution in [0.4, 0.5) is 0 Å². The van der Waals surface area contributed by atoms with Gasteiger partial charge in [0, 0.05) is 19.3 Å². The molecule has 0 spiro atoms. The lowest BCUT2D eigenvalue weighted by atomic mass is 10.00. The molecule has 0 aliphatic carbocycles. The number of carboxylic acids is 1. The molecule has 2 rings (SSSR count). The van der Waals surface area contributed by atoms with Crippen LogP contribution in [-0.4, -0.2) is 40.0 Å². The van der Waals surface area contributed by atoms with Gasteiger partial charge in [0.15, 0.2) is 0 Å². The molecule has 1 aromatic heterocycles. The minimum Gasteiger partial charge on any atom is -0.481 e. The van der Waals surface area contributed by atoms with E-state index in [-0.39, 0.29) is 33.9 Å². The first kappa shape index (κ1) is 13.4. The zero-order valence-corrected chi connectivity index (χ0v) is 11.1. The number of carbonyl (C=O) groups is 2. The van der Waals surface area contributed by atoms with Gasteiger partial charge in [-0.15, -0.1) is 0 Å². The Morgan fingerprint density at radius 2 is 1.89 bits per heavy atom. The van der Waals surface area contributed by atoms with Crippen molar-refractivity contribution in [1.29, 1.82) is 0 Å². The van der Waals surface area contributed by atoms with E-state index in [1.54, 1.807) is 0 Å². The molecule has 2 heterocycles. The minimum absolute atomic E-state index is 0.0186. The van der Waals surface area contributed by atoms with Crippen LogP contribution >= 0.6 is 34.8 Å². The molecule has 1 aliphatic heterocycles. The molecule has 0 bridgehead atoms. The number of halogens is 3. The first-order valence-electron chi connectivity index (χ1n) is 4.93. The Morgan fingerprint density at radius 3 is 2.44 bits per heavy atom. The van der Waals surface area contributed by atoms with Crippen LogP contribution < -0.4 is 0 Å². The summed E-state index contributed by atoms with van der Waals surface area (Å²) in [4.78, 5) is 27.8. The third-order valence-electron chi connectivity index (χ3n) is 2.64. The highest BCUT2D eigenvalue weighted by atomic mass is 35.5. The number of aliphatic carboxylic acids is 1. The first-order chi connectivity index (χ1) is 8.41. The molecule has 8 heteroatoms. The summed E-state index contributed by atoms with van der Waals surface area (Å²) in [5.41, 5.74) is -0.0186. The number of hydrogen-bond donors (Lipinski definition) is 1. The molecule has 18 heavy (non-hydrogen) atoms. The van der Waals surface area contributed by atoms with Gasteiger partial charge in [-0.3, -0.25) is 9.59 Å². The predicted octanol–water partition coefficient (Wildman–Crippen LogP) is 2.20. The fourth-order valence-corrected chi connectivity index (χ4v) is 2.10. The van der Waals surface area contributed by atoms with E-state index in [1.807, 2.05) is 0 Å². The Hall–Kier alpha value is -1.04. The van der Waals surface area contributed by atoms with Crippen LogP contribution in [0.2, 0.25) is 15.1 Å². The fraction of sp³-hybridized carbons (Fsp3) is 0.300. The first-order valence-corrected chi connectivity index (χ1v) is 6.06. The maximum absolute atomic E-state index is 12.0. The maximum Gasteiger partial charge on any atom is 0.310 e. The van der Waals surface area contributed by atoms with Crippen molar-refractivity contribution in [1.82, 2.24) is 9.88 Å². The molecule has 1 aromatic rings. The molecule has 1 amide bonds. The van der Waals surface area contributed by atoms with Crippen molar-refractivity contribution >= 4 is 46.7 Å².